The van der Waals surface area contributed by atoms with Gasteiger partial charge in [-0.15, -0.1) is 11.3 Å². The number of fused-ring (bicyclic) bond motifs is 1. The van der Waals surface area contributed by atoms with Crippen LogP contribution in [-0.4, -0.2) is 46.7 Å². The van der Waals surface area contributed by atoms with Gasteiger partial charge in [-0.3, -0.25) is 9.59 Å². The number of amides is 1. The van der Waals surface area contributed by atoms with Crippen LogP contribution in [0.4, 0.5) is 5.82 Å². The Morgan fingerprint density at radius 2 is 1.97 bits per heavy atom. The summed E-state index contributed by atoms with van der Waals surface area (Å²) in [4.78, 5) is 37.8. The summed E-state index contributed by atoms with van der Waals surface area (Å²) in [6.45, 7) is 7.10. The minimum absolute atomic E-state index is 0.110. The van der Waals surface area contributed by atoms with E-state index in [1.165, 1.54) is 0 Å². The van der Waals surface area contributed by atoms with Crippen LogP contribution in [0.1, 0.15) is 22.0 Å². The third kappa shape index (κ3) is 4.36. The summed E-state index contributed by atoms with van der Waals surface area (Å²) >= 11 is 1.59. The van der Waals surface area contributed by atoms with E-state index in [-0.39, 0.29) is 17.9 Å². The van der Waals surface area contributed by atoms with E-state index in [1.807, 2.05) is 43.0 Å². The predicted octanol–water partition coefficient (Wildman–Crippen LogP) is 2.01. The summed E-state index contributed by atoms with van der Waals surface area (Å²) in [7, 11) is 0. The van der Waals surface area contributed by atoms with Crippen LogP contribution >= 0.6 is 11.3 Å². The molecule has 1 aliphatic heterocycles. The molecule has 1 aliphatic rings. The van der Waals surface area contributed by atoms with Crippen molar-refractivity contribution in [2.45, 2.75) is 33.4 Å². The molecule has 9 heteroatoms. The molecule has 0 atom stereocenters. The SMILES string of the molecule is Cc1nc(CNC(=O)CCn2c(=O)c(N3CCOCC3)nc3ccccc32)sc1C. The average molecular weight is 428 g/mol. The van der Waals surface area contributed by atoms with Gasteiger partial charge in [-0.05, 0) is 26.0 Å². The van der Waals surface area contributed by atoms with Gasteiger partial charge in [0, 0.05) is 30.9 Å². The molecule has 2 aromatic heterocycles. The van der Waals surface area contributed by atoms with Crippen molar-refractivity contribution >= 4 is 34.1 Å². The van der Waals surface area contributed by atoms with Crippen LogP contribution in [0.3, 0.4) is 0 Å². The lowest BCUT2D eigenvalue weighted by atomic mass is 10.2. The van der Waals surface area contributed by atoms with Crippen molar-refractivity contribution < 1.29 is 9.53 Å². The third-order valence-electron chi connectivity index (χ3n) is 5.22. The van der Waals surface area contributed by atoms with E-state index in [0.717, 1.165) is 26.6 Å². The van der Waals surface area contributed by atoms with Gasteiger partial charge in [0.2, 0.25) is 5.91 Å². The highest BCUT2D eigenvalue weighted by atomic mass is 32.1. The van der Waals surface area contributed by atoms with Crippen LogP contribution < -0.4 is 15.8 Å². The second kappa shape index (κ2) is 8.93. The number of benzene rings is 1. The van der Waals surface area contributed by atoms with Gasteiger partial charge in [0.15, 0.2) is 5.82 Å². The molecule has 0 radical (unpaired) electrons. The summed E-state index contributed by atoms with van der Waals surface area (Å²) in [6.07, 6.45) is 0.208. The first kappa shape index (κ1) is 20.5. The number of thiazole rings is 1. The highest BCUT2D eigenvalue weighted by Crippen LogP contribution is 2.17. The number of carbonyl (C=O) groups excluding carboxylic acids is 1. The number of carbonyl (C=O) groups is 1. The first-order chi connectivity index (χ1) is 14.5. The minimum Gasteiger partial charge on any atom is -0.378 e. The van der Waals surface area contributed by atoms with E-state index in [4.69, 9.17) is 4.74 Å². The van der Waals surface area contributed by atoms with E-state index >= 15 is 0 Å². The number of nitrogens with one attached hydrogen (secondary N) is 1. The second-order valence-electron chi connectivity index (χ2n) is 7.26. The number of ether oxygens (including phenoxy) is 1. The first-order valence-electron chi connectivity index (χ1n) is 10.0. The Morgan fingerprint density at radius 3 is 2.70 bits per heavy atom. The Balaban J connectivity index is 1.51. The molecule has 0 unspecified atom stereocenters. The smallest absolute Gasteiger partial charge is 0.294 e. The number of nitrogens with zero attached hydrogens (tertiary/aromatic N) is 4. The third-order valence-corrected chi connectivity index (χ3v) is 6.29. The van der Waals surface area contributed by atoms with Gasteiger partial charge in [-0.1, -0.05) is 12.1 Å². The lowest BCUT2D eigenvalue weighted by Gasteiger charge is -2.28. The summed E-state index contributed by atoms with van der Waals surface area (Å²) in [5, 5.41) is 3.79. The molecule has 0 saturated carbocycles. The molecule has 30 heavy (non-hydrogen) atoms. The molecule has 1 saturated heterocycles. The van der Waals surface area contributed by atoms with Crippen molar-refractivity contribution in [2.24, 2.45) is 0 Å². The van der Waals surface area contributed by atoms with Gasteiger partial charge in [0.25, 0.3) is 5.56 Å². The number of anilines is 1. The minimum atomic E-state index is -0.172. The number of hydrogen-bond donors (Lipinski definition) is 1. The fourth-order valence-electron chi connectivity index (χ4n) is 3.47. The van der Waals surface area contributed by atoms with Gasteiger partial charge in [0.05, 0.1) is 36.5 Å². The van der Waals surface area contributed by atoms with Crippen LogP contribution in [0, 0.1) is 13.8 Å². The number of hydrogen-bond acceptors (Lipinski definition) is 7. The number of rotatable bonds is 6. The molecule has 0 spiro atoms. The molecule has 3 heterocycles. The molecule has 158 valence electrons. The predicted molar refractivity (Wildman–Crippen MR) is 117 cm³/mol. The van der Waals surface area contributed by atoms with Gasteiger partial charge in [-0.2, -0.15) is 0 Å². The van der Waals surface area contributed by atoms with E-state index in [9.17, 15) is 9.59 Å². The monoisotopic (exact) mass is 427 g/mol. The van der Waals surface area contributed by atoms with E-state index < -0.39 is 0 Å². The van der Waals surface area contributed by atoms with Gasteiger partial charge in [0.1, 0.15) is 5.01 Å². The molecule has 3 aromatic rings. The molecule has 8 nitrogen and oxygen atoms in total. The van der Waals surface area contributed by atoms with Crippen molar-refractivity contribution in [2.75, 3.05) is 31.2 Å². The molecule has 0 aliphatic carbocycles. The second-order valence-corrected chi connectivity index (χ2v) is 8.54. The zero-order valence-corrected chi connectivity index (χ0v) is 18.0. The largest absolute Gasteiger partial charge is 0.378 e. The van der Waals surface area contributed by atoms with Gasteiger partial charge < -0.3 is 19.5 Å². The normalized spacial score (nSPS) is 14.3. The lowest BCUT2D eigenvalue weighted by molar-refractivity contribution is -0.121. The summed E-state index contributed by atoms with van der Waals surface area (Å²) in [5.41, 5.74) is 2.30. The maximum Gasteiger partial charge on any atom is 0.294 e. The highest BCUT2D eigenvalue weighted by Gasteiger charge is 2.19. The fourth-order valence-corrected chi connectivity index (χ4v) is 4.35. The standard InChI is InChI=1S/C21H25N5O3S/c1-14-15(2)30-19(23-14)13-22-18(27)7-8-26-17-6-4-3-5-16(17)24-20(21(26)28)25-9-11-29-12-10-25/h3-6H,7-13H2,1-2H3,(H,22,27). The highest BCUT2D eigenvalue weighted by molar-refractivity contribution is 7.11. The first-order valence-corrected chi connectivity index (χ1v) is 10.9. The molecule has 1 aromatic carbocycles. The Labute approximate surface area is 178 Å². The maximum atomic E-state index is 13.2. The van der Waals surface area contributed by atoms with Gasteiger partial charge in [-0.25, -0.2) is 9.97 Å². The van der Waals surface area contributed by atoms with Crippen molar-refractivity contribution in [1.29, 1.82) is 0 Å². The Morgan fingerprint density at radius 1 is 1.20 bits per heavy atom. The molecule has 1 N–H and O–H groups in total. The number of morpholine rings is 1. The maximum absolute atomic E-state index is 13.2. The zero-order valence-electron chi connectivity index (χ0n) is 17.2. The average Bonchev–Trinajstić information content (AvgIpc) is 3.09. The lowest BCUT2D eigenvalue weighted by Crippen LogP contribution is -2.41. The molecular weight excluding hydrogens is 402 g/mol. The molecule has 1 amide bonds. The Bertz CT molecular complexity index is 1100. The quantitative estimate of drug-likeness (QED) is 0.647. The van der Waals surface area contributed by atoms with E-state index in [0.29, 0.717) is 45.2 Å². The molecule has 0 bridgehead atoms. The molecule has 1 fully saturated rings. The van der Waals surface area contributed by atoms with Gasteiger partial charge >= 0.3 is 0 Å². The van der Waals surface area contributed by atoms with Crippen molar-refractivity contribution in [3.8, 4) is 0 Å². The summed E-state index contributed by atoms with van der Waals surface area (Å²) in [6, 6.07) is 7.54. The van der Waals surface area contributed by atoms with E-state index in [1.54, 1.807) is 15.9 Å². The Hall–Kier alpha value is -2.78. The number of para-hydroxylation sites is 2. The van der Waals surface area contributed by atoms with Crippen molar-refractivity contribution in [1.82, 2.24) is 19.9 Å². The topological polar surface area (TPSA) is 89.4 Å². The van der Waals surface area contributed by atoms with Crippen LogP contribution in [0.25, 0.3) is 11.0 Å². The van der Waals surface area contributed by atoms with Crippen LogP contribution in [0.5, 0.6) is 0 Å². The number of aromatic nitrogens is 3. The molecule has 4 rings (SSSR count). The van der Waals surface area contributed by atoms with Crippen LogP contribution in [0.15, 0.2) is 29.1 Å². The fraction of sp³-hybridized carbons (Fsp3) is 0.429. The number of aryl methyl sites for hydroxylation is 3. The van der Waals surface area contributed by atoms with Crippen LogP contribution in [0.2, 0.25) is 0 Å². The molecular formula is C21H25N5O3S. The Kier molecular flexibility index (Phi) is 6.10. The van der Waals surface area contributed by atoms with E-state index in [2.05, 4.69) is 15.3 Å². The summed E-state index contributed by atoms with van der Waals surface area (Å²) < 4.78 is 7.05. The summed E-state index contributed by atoms with van der Waals surface area (Å²) in [5.74, 6) is 0.312. The zero-order chi connectivity index (χ0) is 21.1. The van der Waals surface area contributed by atoms with Crippen molar-refractivity contribution in [3.05, 3.63) is 50.2 Å². The van der Waals surface area contributed by atoms with Crippen LogP contribution in [-0.2, 0) is 22.6 Å². The van der Waals surface area contributed by atoms with Crippen molar-refractivity contribution in [3.63, 3.8) is 0 Å².